The number of anilines is 1. The highest BCUT2D eigenvalue weighted by Crippen LogP contribution is 2.30. The van der Waals surface area contributed by atoms with Crippen LogP contribution in [0, 0.1) is 23.7 Å². The maximum absolute atomic E-state index is 14.0. The number of carbonyl (C=O) groups excluding carboxylic acids is 3. The molecule has 4 atom stereocenters. The normalized spacial score (nSPS) is 19.2. The number of thiazole rings is 1. The lowest BCUT2D eigenvalue weighted by molar-refractivity contribution is -0.142. The topological polar surface area (TPSA) is 149 Å². The van der Waals surface area contributed by atoms with Gasteiger partial charge in [0.25, 0.3) is 0 Å². The molecule has 250 valence electrons. The smallest absolute Gasteiger partial charge is 0.241 e. The van der Waals surface area contributed by atoms with E-state index in [9.17, 15) is 24.6 Å². The van der Waals surface area contributed by atoms with Crippen LogP contribution in [0.3, 0.4) is 0 Å². The summed E-state index contributed by atoms with van der Waals surface area (Å²) in [5.74, 6) is -0.627. The third-order valence-corrected chi connectivity index (χ3v) is 10.1. The van der Waals surface area contributed by atoms with E-state index in [1.165, 1.54) is 29.1 Å². The number of amides is 3. The Kier molecular flexibility index (Phi) is 14.9. The minimum Gasteiger partial charge on any atom is -0.390 e. The van der Waals surface area contributed by atoms with Gasteiger partial charge in [-0.25, -0.2) is 4.98 Å². The summed E-state index contributed by atoms with van der Waals surface area (Å²) in [6.45, 7) is 4.46. The number of rotatable bonds is 16. The summed E-state index contributed by atoms with van der Waals surface area (Å²) in [5.41, 5.74) is 6.53. The fraction of sp³-hybridized carbons (Fsp3) is 0.818. The van der Waals surface area contributed by atoms with E-state index in [0.29, 0.717) is 42.0 Å². The molecule has 0 saturated heterocycles. The second kappa shape index (κ2) is 18.0. The van der Waals surface area contributed by atoms with Crippen molar-refractivity contribution >= 4 is 34.2 Å². The number of nitrogen functional groups attached to an aromatic ring is 1. The molecule has 2 aliphatic rings. The van der Waals surface area contributed by atoms with Crippen molar-refractivity contribution in [1.29, 1.82) is 0 Å². The van der Waals surface area contributed by atoms with Crippen LogP contribution >= 0.6 is 11.3 Å². The van der Waals surface area contributed by atoms with E-state index >= 15 is 0 Å². The highest BCUT2D eigenvalue weighted by molar-refractivity contribution is 7.13. The van der Waals surface area contributed by atoms with Crippen molar-refractivity contribution in [1.82, 2.24) is 20.1 Å². The van der Waals surface area contributed by atoms with Gasteiger partial charge >= 0.3 is 0 Å². The second-order valence-corrected chi connectivity index (χ2v) is 14.8. The van der Waals surface area contributed by atoms with E-state index in [1.54, 1.807) is 24.4 Å². The molecule has 0 bridgehead atoms. The molecule has 10 nitrogen and oxygen atoms in total. The summed E-state index contributed by atoms with van der Waals surface area (Å²) in [4.78, 5) is 48.1. The van der Waals surface area contributed by atoms with E-state index < -0.39 is 24.2 Å². The number of nitrogens with two attached hydrogens (primary N) is 1. The first-order valence-electron chi connectivity index (χ1n) is 16.8. The second-order valence-electron chi connectivity index (χ2n) is 13.9. The lowest BCUT2D eigenvalue weighted by Crippen LogP contribution is -2.52. The largest absolute Gasteiger partial charge is 0.390 e. The number of aliphatic hydroxyl groups excluding tert-OH is 2. The molecule has 3 amide bonds. The lowest BCUT2D eigenvalue weighted by Gasteiger charge is -2.34. The number of likely N-dealkylation sites (N-methyl/N-ethyl adjacent to an activating group) is 1. The minimum absolute atomic E-state index is 0.0231. The van der Waals surface area contributed by atoms with Gasteiger partial charge in [0.05, 0.1) is 30.3 Å². The predicted octanol–water partition coefficient (Wildman–Crippen LogP) is 3.99. The van der Waals surface area contributed by atoms with Crippen molar-refractivity contribution in [3.05, 3.63) is 11.1 Å². The van der Waals surface area contributed by atoms with Gasteiger partial charge in [0.2, 0.25) is 17.7 Å². The van der Waals surface area contributed by atoms with E-state index in [-0.39, 0.29) is 43.0 Å². The van der Waals surface area contributed by atoms with Crippen molar-refractivity contribution < 1.29 is 24.6 Å². The van der Waals surface area contributed by atoms with E-state index in [4.69, 9.17) is 5.73 Å². The first kappa shape index (κ1) is 36.2. The number of hydrogen-bond donors (Lipinski definition) is 4. The van der Waals surface area contributed by atoms with Crippen LogP contribution in [0.5, 0.6) is 0 Å². The number of carbonyl (C=O) groups is 3. The summed E-state index contributed by atoms with van der Waals surface area (Å²) in [6, 6.07) is -0.633. The molecule has 1 aromatic heterocycles. The average molecular weight is 636 g/mol. The van der Waals surface area contributed by atoms with Crippen LogP contribution in [0.15, 0.2) is 5.38 Å². The fourth-order valence-electron chi connectivity index (χ4n) is 6.76. The van der Waals surface area contributed by atoms with Crippen LogP contribution in [0.2, 0.25) is 0 Å². The fourth-order valence-corrected chi connectivity index (χ4v) is 7.34. The first-order valence-corrected chi connectivity index (χ1v) is 17.6. The van der Waals surface area contributed by atoms with Crippen LogP contribution in [0.1, 0.15) is 103 Å². The van der Waals surface area contributed by atoms with Crippen LogP contribution < -0.4 is 11.1 Å². The van der Waals surface area contributed by atoms with Crippen LogP contribution in [0.25, 0.3) is 0 Å². The Morgan fingerprint density at radius 2 is 1.61 bits per heavy atom. The molecule has 11 heteroatoms. The van der Waals surface area contributed by atoms with Crippen LogP contribution in [-0.4, -0.2) is 88.2 Å². The molecule has 2 saturated carbocycles. The van der Waals surface area contributed by atoms with E-state index in [2.05, 4.69) is 10.3 Å². The van der Waals surface area contributed by atoms with Gasteiger partial charge in [0.1, 0.15) is 6.10 Å². The van der Waals surface area contributed by atoms with Gasteiger partial charge in [-0.1, -0.05) is 65.2 Å². The predicted molar refractivity (Wildman–Crippen MR) is 175 cm³/mol. The van der Waals surface area contributed by atoms with Gasteiger partial charge in [0, 0.05) is 38.9 Å². The van der Waals surface area contributed by atoms with Crippen molar-refractivity contribution in [3.63, 3.8) is 0 Å². The highest BCUT2D eigenvalue weighted by atomic mass is 32.1. The molecule has 44 heavy (non-hydrogen) atoms. The van der Waals surface area contributed by atoms with Gasteiger partial charge in [0.15, 0.2) is 5.13 Å². The maximum atomic E-state index is 14.0. The molecule has 1 aromatic rings. The standard InChI is InChI=1S/C33H57N5O5S/c1-22(2)15-28(39)31(42)27(16-23-11-7-5-8-12-23)36-32(43)25(17-26-21-44-33(34)35-26)18-29(40)38(20-30(41)37(3)4)19-24-13-9-6-10-14-24/h21-25,27-28,31,39,42H,5-20H2,1-4H3,(H2,34,35)(H,36,43)/t25-,27+,28+,31-/m1/s1. The van der Waals surface area contributed by atoms with E-state index in [1.807, 2.05) is 13.8 Å². The Morgan fingerprint density at radius 3 is 2.16 bits per heavy atom. The summed E-state index contributed by atoms with van der Waals surface area (Å²) < 4.78 is 0. The molecular weight excluding hydrogens is 578 g/mol. The van der Waals surface area contributed by atoms with Crippen LogP contribution in [0.4, 0.5) is 5.13 Å². The Hall–Kier alpha value is -2.24. The average Bonchev–Trinajstić information content (AvgIpc) is 3.40. The highest BCUT2D eigenvalue weighted by Gasteiger charge is 2.35. The summed E-state index contributed by atoms with van der Waals surface area (Å²) >= 11 is 1.29. The molecule has 0 spiro atoms. The van der Waals surface area contributed by atoms with Gasteiger partial charge in [-0.3, -0.25) is 14.4 Å². The van der Waals surface area contributed by atoms with Gasteiger partial charge in [-0.2, -0.15) is 0 Å². The monoisotopic (exact) mass is 635 g/mol. The summed E-state index contributed by atoms with van der Waals surface area (Å²) in [5, 5.41) is 27.4. The Balaban J connectivity index is 1.82. The molecule has 0 aromatic carbocycles. The molecule has 3 rings (SSSR count). The number of nitrogens with one attached hydrogen (secondary N) is 1. The molecule has 0 radical (unpaired) electrons. The molecule has 2 aliphatic carbocycles. The van der Waals surface area contributed by atoms with Crippen LogP contribution in [-0.2, 0) is 20.8 Å². The number of nitrogens with zero attached hydrogens (tertiary/aromatic N) is 3. The third kappa shape index (κ3) is 11.9. The number of aromatic nitrogens is 1. The Morgan fingerprint density at radius 1 is 1.00 bits per heavy atom. The zero-order valence-electron chi connectivity index (χ0n) is 27.4. The van der Waals surface area contributed by atoms with Crippen molar-refractivity contribution in [2.24, 2.45) is 23.7 Å². The van der Waals surface area contributed by atoms with Gasteiger partial charge in [-0.05, 0) is 43.4 Å². The van der Waals surface area contributed by atoms with Crippen molar-refractivity contribution in [2.75, 3.05) is 32.9 Å². The summed E-state index contributed by atoms with van der Waals surface area (Å²) in [6.07, 6.45) is 10.1. The quantitative estimate of drug-likeness (QED) is 0.215. The number of aliphatic hydroxyl groups is 2. The molecule has 0 unspecified atom stereocenters. The van der Waals surface area contributed by atoms with Gasteiger partial charge < -0.3 is 31.1 Å². The maximum Gasteiger partial charge on any atom is 0.241 e. The van der Waals surface area contributed by atoms with Gasteiger partial charge in [-0.15, -0.1) is 11.3 Å². The molecule has 5 N–H and O–H groups in total. The minimum atomic E-state index is -1.12. The summed E-state index contributed by atoms with van der Waals surface area (Å²) in [7, 11) is 3.36. The molecular formula is C33H57N5O5S. The molecule has 1 heterocycles. The lowest BCUT2D eigenvalue weighted by atomic mass is 9.82. The third-order valence-electron chi connectivity index (χ3n) is 9.36. The Labute approximate surface area is 268 Å². The zero-order chi connectivity index (χ0) is 32.2. The van der Waals surface area contributed by atoms with E-state index in [0.717, 1.165) is 51.4 Å². The van der Waals surface area contributed by atoms with Crippen molar-refractivity contribution in [2.45, 2.75) is 122 Å². The Bertz CT molecular complexity index is 1040. The molecule has 2 fully saturated rings. The van der Waals surface area contributed by atoms with Crippen molar-refractivity contribution in [3.8, 4) is 0 Å². The SMILES string of the molecule is CC(C)C[C@H](O)[C@H](O)[C@H](CC1CCCCC1)NC(=O)[C@@H](CC(=O)N(CC(=O)N(C)C)CC1CCCCC1)Cc1csc(N)n1. The molecule has 0 aliphatic heterocycles. The number of hydrogen-bond acceptors (Lipinski definition) is 8. The zero-order valence-corrected chi connectivity index (χ0v) is 28.2. The first-order chi connectivity index (χ1) is 20.9.